The number of hydrogen-bond donors (Lipinski definition) is 1. The van der Waals surface area contributed by atoms with Gasteiger partial charge in [-0.2, -0.15) is 0 Å². The average Bonchev–Trinajstić information content (AvgIpc) is 2.82. The number of benzene rings is 1. The summed E-state index contributed by atoms with van der Waals surface area (Å²) in [5, 5.41) is 4.12. The van der Waals surface area contributed by atoms with E-state index in [-0.39, 0.29) is 17.8 Å². The van der Waals surface area contributed by atoms with Crippen LogP contribution in [0.3, 0.4) is 0 Å². The standard InChI is InChI=1S/C25H28FN3O2/c1-3-22(29-25(30)18-11-12-23(31-2)28-15-18)17-9-7-16(8-10-17)19-13-14-27-24-20(19)5-4-6-21(24)26/h4-6,11-17,22H,3,7-10H2,1-2H3,(H,29,30)/t16-,17-,22-/m1/s1. The van der Waals surface area contributed by atoms with Crippen LogP contribution in [0.1, 0.15) is 60.9 Å². The maximum Gasteiger partial charge on any atom is 0.253 e. The van der Waals surface area contributed by atoms with Crippen molar-refractivity contribution in [1.82, 2.24) is 15.3 Å². The van der Waals surface area contributed by atoms with E-state index in [4.69, 9.17) is 4.74 Å². The molecule has 1 saturated carbocycles. The summed E-state index contributed by atoms with van der Waals surface area (Å²) in [6.45, 7) is 2.11. The number of hydrogen-bond acceptors (Lipinski definition) is 4. The van der Waals surface area contributed by atoms with Crippen LogP contribution in [0.2, 0.25) is 0 Å². The summed E-state index contributed by atoms with van der Waals surface area (Å²) < 4.78 is 19.2. The van der Waals surface area contributed by atoms with E-state index in [1.54, 1.807) is 37.7 Å². The largest absolute Gasteiger partial charge is 0.481 e. The van der Waals surface area contributed by atoms with Crippen molar-refractivity contribution in [1.29, 1.82) is 0 Å². The summed E-state index contributed by atoms with van der Waals surface area (Å²) in [4.78, 5) is 21.0. The van der Waals surface area contributed by atoms with Gasteiger partial charge in [0.25, 0.3) is 5.91 Å². The topological polar surface area (TPSA) is 64.1 Å². The van der Waals surface area contributed by atoms with Gasteiger partial charge in [0.1, 0.15) is 11.3 Å². The monoisotopic (exact) mass is 421 g/mol. The Balaban J connectivity index is 1.41. The van der Waals surface area contributed by atoms with Gasteiger partial charge in [0.05, 0.1) is 12.7 Å². The summed E-state index contributed by atoms with van der Waals surface area (Å²) in [5.74, 6) is 0.948. The molecule has 0 unspecified atom stereocenters. The highest BCUT2D eigenvalue weighted by atomic mass is 19.1. The first kappa shape index (κ1) is 21.2. The van der Waals surface area contributed by atoms with E-state index in [1.807, 2.05) is 12.1 Å². The molecule has 1 amide bonds. The molecule has 0 radical (unpaired) electrons. The Morgan fingerprint density at radius 2 is 1.97 bits per heavy atom. The second-order valence-electron chi connectivity index (χ2n) is 8.23. The Kier molecular flexibility index (Phi) is 6.44. The van der Waals surface area contributed by atoms with Crippen molar-refractivity contribution in [2.45, 2.75) is 51.0 Å². The van der Waals surface area contributed by atoms with Crippen LogP contribution in [-0.2, 0) is 0 Å². The molecule has 1 N–H and O–H groups in total. The second kappa shape index (κ2) is 9.41. The molecular formula is C25H28FN3O2. The predicted molar refractivity (Wildman–Crippen MR) is 119 cm³/mol. The van der Waals surface area contributed by atoms with Gasteiger partial charge in [0.15, 0.2) is 0 Å². The van der Waals surface area contributed by atoms with Crippen LogP contribution in [0.25, 0.3) is 10.9 Å². The normalized spacial score (nSPS) is 19.7. The van der Waals surface area contributed by atoms with E-state index < -0.39 is 0 Å². The first-order chi connectivity index (χ1) is 15.1. The number of nitrogens with zero attached hydrogens (tertiary/aromatic N) is 2. The molecule has 6 heteroatoms. The third-order valence-corrected chi connectivity index (χ3v) is 6.50. The van der Waals surface area contributed by atoms with E-state index in [2.05, 4.69) is 22.2 Å². The van der Waals surface area contributed by atoms with Gasteiger partial charge in [-0.05, 0) is 67.7 Å². The van der Waals surface area contributed by atoms with Crippen LogP contribution in [0, 0.1) is 11.7 Å². The number of ether oxygens (including phenoxy) is 1. The molecule has 31 heavy (non-hydrogen) atoms. The lowest BCUT2D eigenvalue weighted by Crippen LogP contribution is -2.41. The van der Waals surface area contributed by atoms with E-state index in [9.17, 15) is 9.18 Å². The van der Waals surface area contributed by atoms with Crippen molar-refractivity contribution in [2.75, 3.05) is 7.11 Å². The molecule has 0 spiro atoms. The smallest absolute Gasteiger partial charge is 0.253 e. The fourth-order valence-corrected chi connectivity index (χ4v) is 4.79. The highest BCUT2D eigenvalue weighted by Gasteiger charge is 2.29. The van der Waals surface area contributed by atoms with Crippen molar-refractivity contribution in [3.8, 4) is 5.88 Å². The number of carbonyl (C=O) groups is 1. The van der Waals surface area contributed by atoms with Crippen LogP contribution >= 0.6 is 0 Å². The summed E-state index contributed by atoms with van der Waals surface area (Å²) in [6, 6.07) is 10.8. The van der Waals surface area contributed by atoms with Gasteiger partial charge in [-0.15, -0.1) is 0 Å². The molecule has 4 rings (SSSR count). The number of para-hydroxylation sites is 1. The van der Waals surface area contributed by atoms with Gasteiger partial charge in [-0.25, -0.2) is 9.37 Å². The fraction of sp³-hybridized carbons (Fsp3) is 0.400. The van der Waals surface area contributed by atoms with Gasteiger partial charge in [0, 0.05) is 29.9 Å². The lowest BCUT2D eigenvalue weighted by atomic mass is 9.75. The van der Waals surface area contributed by atoms with Crippen molar-refractivity contribution < 1.29 is 13.9 Å². The van der Waals surface area contributed by atoms with Crippen LogP contribution in [0.5, 0.6) is 5.88 Å². The number of nitrogens with one attached hydrogen (secondary N) is 1. The summed E-state index contributed by atoms with van der Waals surface area (Å²) in [6.07, 6.45) is 8.25. The number of pyridine rings is 2. The number of methoxy groups -OCH3 is 1. The minimum absolute atomic E-state index is 0.0975. The third-order valence-electron chi connectivity index (χ3n) is 6.50. The molecule has 162 valence electrons. The number of carbonyl (C=O) groups excluding carboxylic acids is 1. The Morgan fingerprint density at radius 3 is 2.65 bits per heavy atom. The molecule has 0 saturated heterocycles. The van der Waals surface area contributed by atoms with Gasteiger partial charge in [-0.1, -0.05) is 19.1 Å². The van der Waals surface area contributed by atoms with Crippen molar-refractivity contribution in [3.63, 3.8) is 0 Å². The van der Waals surface area contributed by atoms with Crippen molar-refractivity contribution in [3.05, 3.63) is 65.7 Å². The summed E-state index contributed by atoms with van der Waals surface area (Å²) in [5.41, 5.74) is 2.18. The van der Waals surface area contributed by atoms with E-state index in [0.717, 1.165) is 37.5 Å². The molecule has 0 bridgehead atoms. The van der Waals surface area contributed by atoms with E-state index >= 15 is 0 Å². The number of aromatic nitrogens is 2. The lowest BCUT2D eigenvalue weighted by Gasteiger charge is -2.34. The minimum Gasteiger partial charge on any atom is -0.481 e. The van der Waals surface area contributed by atoms with E-state index in [1.165, 1.54) is 11.6 Å². The summed E-state index contributed by atoms with van der Waals surface area (Å²) >= 11 is 0. The van der Waals surface area contributed by atoms with Crippen LogP contribution < -0.4 is 10.1 Å². The predicted octanol–water partition coefficient (Wildman–Crippen LogP) is 5.26. The molecular weight excluding hydrogens is 393 g/mol. The zero-order valence-corrected chi connectivity index (χ0v) is 18.0. The first-order valence-electron chi connectivity index (χ1n) is 10.9. The van der Waals surface area contributed by atoms with Gasteiger partial charge in [0.2, 0.25) is 5.88 Å². The number of amides is 1. The Hall–Kier alpha value is -3.02. The molecule has 1 aliphatic rings. The fourth-order valence-electron chi connectivity index (χ4n) is 4.79. The zero-order valence-electron chi connectivity index (χ0n) is 18.0. The lowest BCUT2D eigenvalue weighted by molar-refractivity contribution is 0.0909. The molecule has 1 fully saturated rings. The molecule has 1 aliphatic carbocycles. The average molecular weight is 422 g/mol. The number of fused-ring (bicyclic) bond motifs is 1. The van der Waals surface area contributed by atoms with Gasteiger partial charge >= 0.3 is 0 Å². The molecule has 0 aliphatic heterocycles. The number of rotatable bonds is 6. The van der Waals surface area contributed by atoms with Gasteiger partial charge < -0.3 is 10.1 Å². The SMILES string of the molecule is CC[C@@H](NC(=O)c1ccc(OC)nc1)[C@H]1CC[C@H](c2ccnc3c(F)cccc32)CC1. The van der Waals surface area contributed by atoms with Gasteiger partial charge in [-0.3, -0.25) is 9.78 Å². The van der Waals surface area contributed by atoms with Crippen molar-refractivity contribution >= 4 is 16.8 Å². The molecule has 2 aromatic heterocycles. The van der Waals surface area contributed by atoms with Crippen molar-refractivity contribution in [2.24, 2.45) is 5.92 Å². The highest BCUT2D eigenvalue weighted by molar-refractivity contribution is 5.94. The maximum absolute atomic E-state index is 14.1. The molecule has 5 nitrogen and oxygen atoms in total. The second-order valence-corrected chi connectivity index (χ2v) is 8.23. The maximum atomic E-state index is 14.1. The van der Waals surface area contributed by atoms with Crippen LogP contribution in [0.15, 0.2) is 48.8 Å². The Labute approximate surface area is 182 Å². The van der Waals surface area contributed by atoms with E-state index in [0.29, 0.717) is 28.8 Å². The van der Waals surface area contributed by atoms with Crippen LogP contribution in [0.4, 0.5) is 4.39 Å². The highest BCUT2D eigenvalue weighted by Crippen LogP contribution is 2.40. The Morgan fingerprint density at radius 1 is 1.16 bits per heavy atom. The zero-order chi connectivity index (χ0) is 21.8. The Bertz CT molecular complexity index is 1050. The summed E-state index contributed by atoms with van der Waals surface area (Å²) in [7, 11) is 1.55. The quantitative estimate of drug-likeness (QED) is 0.590. The molecule has 2 heterocycles. The third kappa shape index (κ3) is 4.53. The molecule has 3 aromatic rings. The molecule has 1 atom stereocenters. The first-order valence-corrected chi connectivity index (χ1v) is 10.9. The molecule has 1 aromatic carbocycles. The number of halogens is 1. The van der Waals surface area contributed by atoms with Crippen LogP contribution in [-0.4, -0.2) is 29.0 Å². The minimum atomic E-state index is -0.269.